The van der Waals surface area contributed by atoms with E-state index in [0.29, 0.717) is 12.7 Å². The van der Waals surface area contributed by atoms with Crippen LogP contribution in [-0.2, 0) is 4.74 Å². The number of hydrogen-bond acceptors (Lipinski definition) is 2. The van der Waals surface area contributed by atoms with Crippen molar-refractivity contribution in [2.75, 3.05) is 6.61 Å². The minimum Gasteiger partial charge on any atom is -0.491 e. The Bertz CT molecular complexity index is 322. The summed E-state index contributed by atoms with van der Waals surface area (Å²) in [6, 6.07) is 8.13. The van der Waals surface area contributed by atoms with Crippen molar-refractivity contribution in [1.29, 1.82) is 0 Å². The summed E-state index contributed by atoms with van der Waals surface area (Å²) in [6.07, 6.45) is 2.95. The van der Waals surface area contributed by atoms with E-state index >= 15 is 0 Å². The average Bonchev–Trinajstić information content (AvgIpc) is 2.62. The van der Waals surface area contributed by atoms with E-state index < -0.39 is 0 Å². The Morgan fingerprint density at radius 3 is 2.93 bits per heavy atom. The van der Waals surface area contributed by atoms with Gasteiger partial charge in [-0.05, 0) is 44.4 Å². The molecule has 1 aliphatic rings. The maximum absolute atomic E-state index is 5.69. The molecule has 82 valence electrons. The van der Waals surface area contributed by atoms with Crippen molar-refractivity contribution in [3.8, 4) is 5.75 Å². The SMILES string of the molecule is Cc1cccc(OCC2CCC(C)O2)c1. The number of aryl methyl sites for hydroxylation is 1. The number of benzene rings is 1. The topological polar surface area (TPSA) is 18.5 Å². The minimum absolute atomic E-state index is 0.278. The molecule has 0 amide bonds. The van der Waals surface area contributed by atoms with Gasteiger partial charge in [0.15, 0.2) is 0 Å². The van der Waals surface area contributed by atoms with Crippen LogP contribution < -0.4 is 4.74 Å². The van der Waals surface area contributed by atoms with Crippen molar-refractivity contribution in [3.05, 3.63) is 29.8 Å². The van der Waals surface area contributed by atoms with Gasteiger partial charge in [0.05, 0.1) is 12.2 Å². The molecule has 0 N–H and O–H groups in total. The zero-order valence-electron chi connectivity index (χ0n) is 9.40. The standard InChI is InChI=1S/C13H18O2/c1-10-4-3-5-12(8-10)14-9-13-7-6-11(2)15-13/h3-5,8,11,13H,6-7,9H2,1-2H3. The van der Waals surface area contributed by atoms with Gasteiger partial charge in [0.2, 0.25) is 0 Å². The minimum atomic E-state index is 0.278. The number of hydrogen-bond donors (Lipinski definition) is 0. The highest BCUT2D eigenvalue weighted by Crippen LogP contribution is 2.20. The van der Waals surface area contributed by atoms with Gasteiger partial charge in [-0.15, -0.1) is 0 Å². The lowest BCUT2D eigenvalue weighted by Crippen LogP contribution is -2.17. The molecule has 2 rings (SSSR count). The fraction of sp³-hybridized carbons (Fsp3) is 0.538. The number of ether oxygens (including phenoxy) is 2. The maximum atomic E-state index is 5.69. The molecule has 2 unspecified atom stereocenters. The van der Waals surface area contributed by atoms with Crippen molar-refractivity contribution in [3.63, 3.8) is 0 Å². The predicted octanol–water partition coefficient (Wildman–Crippen LogP) is 2.94. The van der Waals surface area contributed by atoms with Gasteiger partial charge in [0.25, 0.3) is 0 Å². The van der Waals surface area contributed by atoms with Crippen LogP contribution in [-0.4, -0.2) is 18.8 Å². The number of rotatable bonds is 3. The van der Waals surface area contributed by atoms with E-state index in [0.717, 1.165) is 18.6 Å². The van der Waals surface area contributed by atoms with E-state index in [1.807, 2.05) is 12.1 Å². The van der Waals surface area contributed by atoms with Gasteiger partial charge in [0, 0.05) is 0 Å². The molecule has 0 spiro atoms. The Morgan fingerprint density at radius 1 is 1.40 bits per heavy atom. The van der Waals surface area contributed by atoms with Crippen molar-refractivity contribution in [1.82, 2.24) is 0 Å². The Labute approximate surface area is 91.2 Å². The van der Waals surface area contributed by atoms with Crippen LogP contribution in [0.15, 0.2) is 24.3 Å². The summed E-state index contributed by atoms with van der Waals surface area (Å²) in [5.74, 6) is 0.943. The first-order chi connectivity index (χ1) is 7.24. The molecule has 1 heterocycles. The lowest BCUT2D eigenvalue weighted by atomic mass is 10.2. The average molecular weight is 206 g/mol. The van der Waals surface area contributed by atoms with Gasteiger partial charge in [-0.25, -0.2) is 0 Å². The van der Waals surface area contributed by atoms with E-state index in [9.17, 15) is 0 Å². The predicted molar refractivity (Wildman–Crippen MR) is 60.2 cm³/mol. The van der Waals surface area contributed by atoms with E-state index in [1.165, 1.54) is 5.56 Å². The van der Waals surface area contributed by atoms with Crippen LogP contribution >= 0.6 is 0 Å². The van der Waals surface area contributed by atoms with Crippen molar-refractivity contribution in [2.24, 2.45) is 0 Å². The third-order valence-corrected chi connectivity index (χ3v) is 2.75. The summed E-state index contributed by atoms with van der Waals surface area (Å²) >= 11 is 0. The monoisotopic (exact) mass is 206 g/mol. The first-order valence-corrected chi connectivity index (χ1v) is 5.59. The molecule has 1 aromatic rings. The summed E-state index contributed by atoms with van der Waals surface area (Å²) in [5, 5.41) is 0. The highest BCUT2D eigenvalue weighted by molar-refractivity contribution is 5.27. The molecule has 1 aromatic carbocycles. The second-order valence-corrected chi connectivity index (χ2v) is 4.27. The summed E-state index contributed by atoms with van der Waals surface area (Å²) < 4.78 is 11.4. The molecule has 2 nitrogen and oxygen atoms in total. The van der Waals surface area contributed by atoms with Gasteiger partial charge < -0.3 is 9.47 Å². The van der Waals surface area contributed by atoms with E-state index in [-0.39, 0.29) is 6.10 Å². The maximum Gasteiger partial charge on any atom is 0.119 e. The normalized spacial score (nSPS) is 25.5. The van der Waals surface area contributed by atoms with Gasteiger partial charge in [-0.3, -0.25) is 0 Å². The van der Waals surface area contributed by atoms with Crippen LogP contribution in [0.3, 0.4) is 0 Å². The molecule has 0 aromatic heterocycles. The lowest BCUT2D eigenvalue weighted by Gasteiger charge is -2.12. The molecule has 15 heavy (non-hydrogen) atoms. The first-order valence-electron chi connectivity index (χ1n) is 5.59. The van der Waals surface area contributed by atoms with E-state index in [1.54, 1.807) is 0 Å². The molecule has 2 heteroatoms. The fourth-order valence-electron chi connectivity index (χ4n) is 1.90. The third-order valence-electron chi connectivity index (χ3n) is 2.75. The largest absolute Gasteiger partial charge is 0.491 e. The fourth-order valence-corrected chi connectivity index (χ4v) is 1.90. The molecule has 0 bridgehead atoms. The Morgan fingerprint density at radius 2 is 2.27 bits per heavy atom. The quantitative estimate of drug-likeness (QED) is 0.757. The highest BCUT2D eigenvalue weighted by atomic mass is 16.5. The molecular formula is C13H18O2. The Hall–Kier alpha value is -1.02. The molecule has 2 atom stereocenters. The third kappa shape index (κ3) is 2.96. The van der Waals surface area contributed by atoms with Gasteiger partial charge in [0.1, 0.15) is 12.4 Å². The van der Waals surface area contributed by atoms with E-state index in [2.05, 4.69) is 26.0 Å². The summed E-state index contributed by atoms with van der Waals surface area (Å²) in [4.78, 5) is 0. The lowest BCUT2D eigenvalue weighted by molar-refractivity contribution is 0.0264. The molecule has 0 aliphatic carbocycles. The van der Waals surface area contributed by atoms with Gasteiger partial charge in [-0.2, -0.15) is 0 Å². The molecular weight excluding hydrogens is 188 g/mol. The zero-order chi connectivity index (χ0) is 10.7. The van der Waals surface area contributed by atoms with Crippen LogP contribution in [0.4, 0.5) is 0 Å². The Balaban J connectivity index is 1.83. The molecule has 0 saturated carbocycles. The molecule has 1 fully saturated rings. The molecule has 0 radical (unpaired) electrons. The second kappa shape index (κ2) is 4.67. The zero-order valence-corrected chi connectivity index (χ0v) is 9.40. The van der Waals surface area contributed by atoms with Gasteiger partial charge >= 0.3 is 0 Å². The smallest absolute Gasteiger partial charge is 0.119 e. The van der Waals surface area contributed by atoms with Crippen LogP contribution in [0, 0.1) is 6.92 Å². The van der Waals surface area contributed by atoms with E-state index in [4.69, 9.17) is 9.47 Å². The van der Waals surface area contributed by atoms with Crippen molar-refractivity contribution < 1.29 is 9.47 Å². The van der Waals surface area contributed by atoms with Crippen molar-refractivity contribution >= 4 is 0 Å². The van der Waals surface area contributed by atoms with Crippen LogP contribution in [0.25, 0.3) is 0 Å². The summed E-state index contributed by atoms with van der Waals surface area (Å²) in [6.45, 7) is 4.86. The molecule has 1 aliphatic heterocycles. The highest BCUT2D eigenvalue weighted by Gasteiger charge is 2.21. The summed E-state index contributed by atoms with van der Waals surface area (Å²) in [5.41, 5.74) is 1.23. The first kappa shape index (κ1) is 10.5. The Kier molecular flexibility index (Phi) is 3.27. The van der Waals surface area contributed by atoms with Crippen molar-refractivity contribution in [2.45, 2.75) is 38.9 Å². The van der Waals surface area contributed by atoms with Crippen LogP contribution in [0.5, 0.6) is 5.75 Å². The second-order valence-electron chi connectivity index (χ2n) is 4.27. The van der Waals surface area contributed by atoms with Crippen LogP contribution in [0.2, 0.25) is 0 Å². The molecule has 1 saturated heterocycles. The van der Waals surface area contributed by atoms with Crippen LogP contribution in [0.1, 0.15) is 25.3 Å². The summed E-state index contributed by atoms with van der Waals surface area (Å²) in [7, 11) is 0. The van der Waals surface area contributed by atoms with Gasteiger partial charge in [-0.1, -0.05) is 12.1 Å².